The number of anilines is 2. The van der Waals surface area contributed by atoms with Gasteiger partial charge < -0.3 is 14.7 Å². The Morgan fingerprint density at radius 2 is 2.04 bits per heavy atom. The number of carbonyl (C=O) groups is 1. The monoisotopic (exact) mass is 362 g/mol. The number of benzene rings is 1. The summed E-state index contributed by atoms with van der Waals surface area (Å²) in [4.78, 5) is 23.2. The van der Waals surface area contributed by atoms with Crippen LogP contribution in [0.3, 0.4) is 0 Å². The zero-order valence-corrected chi connectivity index (χ0v) is 15.2. The van der Waals surface area contributed by atoms with Gasteiger partial charge in [-0.15, -0.1) is 0 Å². The third-order valence-electron chi connectivity index (χ3n) is 4.35. The van der Waals surface area contributed by atoms with Gasteiger partial charge in [0.25, 0.3) is 5.91 Å². The van der Waals surface area contributed by atoms with Crippen LogP contribution >= 0.6 is 0 Å². The summed E-state index contributed by atoms with van der Waals surface area (Å²) in [6.45, 7) is 1.92. The Bertz CT molecular complexity index is 1110. The number of nitrogens with one attached hydrogen (secondary N) is 1. The first-order valence-corrected chi connectivity index (χ1v) is 8.36. The van der Waals surface area contributed by atoms with E-state index < -0.39 is 0 Å². The van der Waals surface area contributed by atoms with Crippen molar-refractivity contribution in [2.24, 2.45) is 0 Å². The number of fused-ring (bicyclic) bond motifs is 1. The molecule has 0 spiro atoms. The molecular formula is C19H18N6O2. The Kier molecular flexibility index (Phi) is 4.08. The predicted molar refractivity (Wildman–Crippen MR) is 102 cm³/mol. The molecule has 4 aromatic rings. The summed E-state index contributed by atoms with van der Waals surface area (Å²) in [5.41, 5.74) is 4.56. The second kappa shape index (κ2) is 6.56. The van der Waals surface area contributed by atoms with Gasteiger partial charge in [0, 0.05) is 43.3 Å². The van der Waals surface area contributed by atoms with E-state index in [0.717, 1.165) is 16.8 Å². The Morgan fingerprint density at radius 1 is 1.19 bits per heavy atom. The third kappa shape index (κ3) is 3.12. The van der Waals surface area contributed by atoms with E-state index in [4.69, 9.17) is 4.52 Å². The average molecular weight is 362 g/mol. The van der Waals surface area contributed by atoms with E-state index in [2.05, 4.69) is 20.4 Å². The smallest absolute Gasteiger partial charge is 0.274 e. The first-order chi connectivity index (χ1) is 13.0. The number of amides is 1. The van der Waals surface area contributed by atoms with Gasteiger partial charge in [0.15, 0.2) is 0 Å². The van der Waals surface area contributed by atoms with E-state index in [1.54, 1.807) is 10.6 Å². The topological polar surface area (TPSA) is 88.6 Å². The lowest BCUT2D eigenvalue weighted by Crippen LogP contribution is -2.15. The molecule has 3 heterocycles. The normalized spacial score (nSPS) is 10.9. The maximum Gasteiger partial charge on any atom is 0.274 e. The number of pyridine rings is 1. The summed E-state index contributed by atoms with van der Waals surface area (Å²) in [6, 6.07) is 9.48. The molecule has 0 aliphatic heterocycles. The third-order valence-corrected chi connectivity index (χ3v) is 4.35. The van der Waals surface area contributed by atoms with Crippen molar-refractivity contribution >= 4 is 22.9 Å². The van der Waals surface area contributed by atoms with Crippen LogP contribution in [-0.4, -0.2) is 39.5 Å². The Labute approximate surface area is 155 Å². The summed E-state index contributed by atoms with van der Waals surface area (Å²) in [6.07, 6.45) is 4.69. The molecule has 0 bridgehead atoms. The van der Waals surface area contributed by atoms with Crippen molar-refractivity contribution in [1.82, 2.24) is 19.5 Å². The summed E-state index contributed by atoms with van der Waals surface area (Å²) in [5.74, 6) is 0.227. The van der Waals surface area contributed by atoms with Crippen LogP contribution < -0.4 is 10.2 Å². The Balaban J connectivity index is 1.65. The molecule has 0 saturated heterocycles. The molecule has 0 unspecified atom stereocenters. The second-order valence-corrected chi connectivity index (χ2v) is 6.39. The summed E-state index contributed by atoms with van der Waals surface area (Å²) >= 11 is 0. The van der Waals surface area contributed by atoms with Crippen molar-refractivity contribution in [1.29, 1.82) is 0 Å². The number of imidazole rings is 1. The van der Waals surface area contributed by atoms with Gasteiger partial charge in [0.2, 0.25) is 12.2 Å². The van der Waals surface area contributed by atoms with Crippen LogP contribution in [0.2, 0.25) is 0 Å². The van der Waals surface area contributed by atoms with Crippen LogP contribution in [0.15, 0.2) is 53.6 Å². The zero-order valence-electron chi connectivity index (χ0n) is 15.2. The minimum atomic E-state index is -0.242. The second-order valence-electron chi connectivity index (χ2n) is 6.39. The number of hydrogen-bond donors (Lipinski definition) is 1. The highest BCUT2D eigenvalue weighted by Crippen LogP contribution is 2.24. The van der Waals surface area contributed by atoms with Gasteiger partial charge in [-0.25, -0.2) is 4.98 Å². The zero-order chi connectivity index (χ0) is 19.0. The number of hydrogen-bond acceptors (Lipinski definition) is 6. The van der Waals surface area contributed by atoms with Crippen LogP contribution in [0.5, 0.6) is 0 Å². The van der Waals surface area contributed by atoms with Crippen LogP contribution in [0.4, 0.5) is 11.4 Å². The SMILES string of the molecule is Cc1ccc(-c2ncon2)cc1NC(=O)c1cnc2cc(N(C)C)ccn12. The van der Waals surface area contributed by atoms with E-state index in [1.165, 1.54) is 6.39 Å². The fraction of sp³-hybridized carbons (Fsp3) is 0.158. The van der Waals surface area contributed by atoms with Gasteiger partial charge in [-0.1, -0.05) is 17.3 Å². The van der Waals surface area contributed by atoms with Crippen molar-refractivity contribution < 1.29 is 9.32 Å². The molecule has 8 nitrogen and oxygen atoms in total. The molecule has 3 aromatic heterocycles. The molecule has 4 rings (SSSR count). The highest BCUT2D eigenvalue weighted by molar-refractivity contribution is 6.04. The quantitative estimate of drug-likeness (QED) is 0.600. The van der Waals surface area contributed by atoms with Crippen LogP contribution in [-0.2, 0) is 0 Å². The Morgan fingerprint density at radius 3 is 2.78 bits per heavy atom. The maximum absolute atomic E-state index is 12.8. The van der Waals surface area contributed by atoms with Crippen molar-refractivity contribution in [3.63, 3.8) is 0 Å². The van der Waals surface area contributed by atoms with Crippen molar-refractivity contribution in [2.75, 3.05) is 24.3 Å². The maximum atomic E-state index is 12.8. The Hall–Kier alpha value is -3.68. The number of carbonyl (C=O) groups excluding carboxylic acids is 1. The molecule has 27 heavy (non-hydrogen) atoms. The van der Waals surface area contributed by atoms with Crippen molar-refractivity contribution in [2.45, 2.75) is 6.92 Å². The predicted octanol–water partition coefficient (Wildman–Crippen LogP) is 3.01. The minimum absolute atomic E-state index is 0.242. The summed E-state index contributed by atoms with van der Waals surface area (Å²) in [5, 5.41) is 6.78. The first-order valence-electron chi connectivity index (χ1n) is 8.36. The lowest BCUT2D eigenvalue weighted by molar-refractivity contribution is 0.102. The van der Waals surface area contributed by atoms with E-state index in [1.807, 2.05) is 62.4 Å². The van der Waals surface area contributed by atoms with E-state index in [9.17, 15) is 4.79 Å². The lowest BCUT2D eigenvalue weighted by Gasteiger charge is -2.13. The molecular weight excluding hydrogens is 344 g/mol. The van der Waals surface area contributed by atoms with Gasteiger partial charge in [-0.05, 0) is 24.6 Å². The summed E-state index contributed by atoms with van der Waals surface area (Å²) in [7, 11) is 3.92. The molecule has 0 fully saturated rings. The highest BCUT2D eigenvalue weighted by atomic mass is 16.5. The summed E-state index contributed by atoms with van der Waals surface area (Å²) < 4.78 is 6.55. The van der Waals surface area contributed by atoms with Gasteiger partial charge >= 0.3 is 0 Å². The molecule has 1 N–H and O–H groups in total. The van der Waals surface area contributed by atoms with Crippen LogP contribution in [0.1, 0.15) is 16.1 Å². The van der Waals surface area contributed by atoms with Crippen LogP contribution in [0.25, 0.3) is 17.0 Å². The molecule has 136 valence electrons. The number of aryl methyl sites for hydroxylation is 1. The minimum Gasteiger partial charge on any atom is -0.378 e. The average Bonchev–Trinajstić information content (AvgIpc) is 3.32. The van der Waals surface area contributed by atoms with E-state index >= 15 is 0 Å². The molecule has 0 aliphatic carbocycles. The fourth-order valence-electron chi connectivity index (χ4n) is 2.80. The standard InChI is InChI=1S/C19H18N6O2/c1-12-4-5-13(18-21-11-27-23-18)8-15(12)22-19(26)16-10-20-17-9-14(24(2)3)6-7-25(16)17/h4-11H,1-3H3,(H,22,26). The van der Waals surface area contributed by atoms with E-state index in [-0.39, 0.29) is 5.91 Å². The van der Waals surface area contributed by atoms with E-state index in [0.29, 0.717) is 22.9 Å². The first kappa shape index (κ1) is 16.8. The number of nitrogens with zero attached hydrogens (tertiary/aromatic N) is 5. The largest absolute Gasteiger partial charge is 0.378 e. The molecule has 0 atom stereocenters. The molecule has 0 saturated carbocycles. The lowest BCUT2D eigenvalue weighted by atomic mass is 10.1. The molecule has 1 amide bonds. The molecule has 0 aliphatic rings. The fourth-order valence-corrected chi connectivity index (χ4v) is 2.80. The number of rotatable bonds is 4. The van der Waals surface area contributed by atoms with Crippen LogP contribution in [0, 0.1) is 6.92 Å². The van der Waals surface area contributed by atoms with Crippen molar-refractivity contribution in [3.8, 4) is 11.4 Å². The van der Waals surface area contributed by atoms with Gasteiger partial charge in [-0.3, -0.25) is 9.20 Å². The van der Waals surface area contributed by atoms with Gasteiger partial charge in [0.1, 0.15) is 11.3 Å². The molecule has 1 aromatic carbocycles. The molecule has 8 heteroatoms. The highest BCUT2D eigenvalue weighted by Gasteiger charge is 2.15. The number of aromatic nitrogens is 4. The van der Waals surface area contributed by atoms with Crippen molar-refractivity contribution in [3.05, 3.63) is 60.4 Å². The molecule has 0 radical (unpaired) electrons. The van der Waals surface area contributed by atoms with Gasteiger partial charge in [0.05, 0.1) is 6.20 Å². The van der Waals surface area contributed by atoms with Gasteiger partial charge in [-0.2, -0.15) is 4.98 Å².